The quantitative estimate of drug-likeness (QED) is 0.639. The average Bonchev–Trinajstić information content (AvgIpc) is 2.58. The molecule has 0 amide bonds. The second kappa shape index (κ2) is 2.61. The molecule has 0 aliphatic carbocycles. The van der Waals surface area contributed by atoms with Gasteiger partial charge in [0.2, 0.25) is 0 Å². The lowest BCUT2D eigenvalue weighted by atomic mass is 10.5. The Hall–Kier alpha value is -1.91. The van der Waals surface area contributed by atoms with Gasteiger partial charge in [0.15, 0.2) is 5.43 Å². The molecule has 0 aliphatic heterocycles. The predicted octanol–water partition coefficient (Wildman–Crippen LogP) is -0.0444. The van der Waals surface area contributed by atoms with Gasteiger partial charge in [-0.2, -0.15) is 10.2 Å². The lowest BCUT2D eigenvalue weighted by Crippen LogP contribution is -2.05. The summed E-state index contributed by atoms with van der Waals surface area (Å²) in [5.74, 6) is 0. The zero-order valence-electron chi connectivity index (χ0n) is 6.14. The number of nitrogens with one attached hydrogen (secondary N) is 1. The minimum Gasteiger partial charge on any atom is -0.288 e. The number of H-pyrrole nitrogens is 1. The van der Waals surface area contributed by atoms with Crippen molar-refractivity contribution >= 4 is 0 Å². The Bertz CT molecular complexity index is 397. The van der Waals surface area contributed by atoms with E-state index in [9.17, 15) is 4.79 Å². The summed E-state index contributed by atoms with van der Waals surface area (Å²) in [4.78, 5) is 10.7. The van der Waals surface area contributed by atoms with Crippen molar-refractivity contribution in [3.63, 3.8) is 0 Å². The standard InChI is InChI=1S/C7H6N4O/c12-7-1-2-11(10-5-7)6-3-8-9-4-6/h1-5H,(H,8,9). The van der Waals surface area contributed by atoms with Gasteiger partial charge in [-0.15, -0.1) is 0 Å². The number of hydrogen-bond acceptors (Lipinski definition) is 3. The van der Waals surface area contributed by atoms with E-state index in [0.29, 0.717) is 0 Å². The Morgan fingerprint density at radius 3 is 2.92 bits per heavy atom. The Kier molecular flexibility index (Phi) is 1.48. The molecule has 1 N–H and O–H groups in total. The minimum absolute atomic E-state index is 0.102. The van der Waals surface area contributed by atoms with Crippen LogP contribution in [0.15, 0.2) is 35.6 Å². The molecule has 0 fully saturated rings. The summed E-state index contributed by atoms with van der Waals surface area (Å²) < 4.78 is 1.56. The molecular weight excluding hydrogens is 156 g/mol. The van der Waals surface area contributed by atoms with Crippen LogP contribution in [0.25, 0.3) is 5.69 Å². The number of hydrogen-bond donors (Lipinski definition) is 1. The highest BCUT2D eigenvalue weighted by molar-refractivity contribution is 5.22. The van der Waals surface area contributed by atoms with Crippen LogP contribution in [0.3, 0.4) is 0 Å². The van der Waals surface area contributed by atoms with Gasteiger partial charge in [0.1, 0.15) is 5.69 Å². The lowest BCUT2D eigenvalue weighted by molar-refractivity contribution is 0.837. The zero-order chi connectivity index (χ0) is 8.39. The normalized spacial score (nSPS) is 10.0. The molecule has 5 nitrogen and oxygen atoms in total. The van der Waals surface area contributed by atoms with Crippen LogP contribution in [0.2, 0.25) is 0 Å². The average molecular weight is 162 g/mol. The molecule has 2 aromatic rings. The van der Waals surface area contributed by atoms with Crippen LogP contribution in [0, 0.1) is 0 Å². The first-order chi connectivity index (χ1) is 5.86. The van der Waals surface area contributed by atoms with Crippen LogP contribution in [0.4, 0.5) is 0 Å². The maximum Gasteiger partial charge on any atom is 0.200 e. The number of aromatic nitrogens is 4. The summed E-state index contributed by atoms with van der Waals surface area (Å²) in [6, 6.07) is 1.44. The fraction of sp³-hybridized carbons (Fsp3) is 0. The molecule has 0 unspecified atom stereocenters. The van der Waals surface area contributed by atoms with Crippen LogP contribution < -0.4 is 5.43 Å². The van der Waals surface area contributed by atoms with Gasteiger partial charge in [-0.25, -0.2) is 4.68 Å². The minimum atomic E-state index is -0.102. The number of nitrogens with zero attached hydrogens (tertiary/aromatic N) is 3. The molecule has 0 saturated heterocycles. The van der Waals surface area contributed by atoms with E-state index < -0.39 is 0 Å². The molecule has 12 heavy (non-hydrogen) atoms. The highest BCUT2D eigenvalue weighted by Gasteiger charge is 1.94. The van der Waals surface area contributed by atoms with Crippen molar-refractivity contribution in [2.45, 2.75) is 0 Å². The largest absolute Gasteiger partial charge is 0.288 e. The molecule has 0 spiro atoms. The molecule has 0 atom stereocenters. The first-order valence-electron chi connectivity index (χ1n) is 3.40. The molecule has 2 heterocycles. The molecular formula is C7H6N4O. The molecule has 0 radical (unpaired) electrons. The molecule has 2 rings (SSSR count). The smallest absolute Gasteiger partial charge is 0.200 e. The Labute approximate surface area is 67.7 Å². The van der Waals surface area contributed by atoms with E-state index in [1.54, 1.807) is 23.3 Å². The summed E-state index contributed by atoms with van der Waals surface area (Å²) in [7, 11) is 0. The topological polar surface area (TPSA) is 63.6 Å². The van der Waals surface area contributed by atoms with Crippen molar-refractivity contribution in [3.05, 3.63) is 41.1 Å². The van der Waals surface area contributed by atoms with Crippen molar-refractivity contribution in [3.8, 4) is 5.69 Å². The molecule has 2 aromatic heterocycles. The number of rotatable bonds is 1. The van der Waals surface area contributed by atoms with Crippen molar-refractivity contribution in [2.24, 2.45) is 0 Å². The summed E-state index contributed by atoms with van der Waals surface area (Å²) in [5, 5.41) is 10.3. The van der Waals surface area contributed by atoms with E-state index in [2.05, 4.69) is 15.3 Å². The third kappa shape index (κ3) is 1.12. The lowest BCUT2D eigenvalue weighted by Gasteiger charge is -1.96. The van der Waals surface area contributed by atoms with Crippen LogP contribution in [0.5, 0.6) is 0 Å². The SMILES string of the molecule is O=c1ccn(-c2cn[nH]c2)nc1. The highest BCUT2D eigenvalue weighted by atomic mass is 16.1. The third-order valence-corrected chi connectivity index (χ3v) is 1.44. The van der Waals surface area contributed by atoms with Crippen molar-refractivity contribution in [2.75, 3.05) is 0 Å². The van der Waals surface area contributed by atoms with Gasteiger partial charge in [0, 0.05) is 18.5 Å². The van der Waals surface area contributed by atoms with Gasteiger partial charge >= 0.3 is 0 Å². The fourth-order valence-electron chi connectivity index (χ4n) is 0.867. The zero-order valence-corrected chi connectivity index (χ0v) is 6.14. The molecule has 0 bridgehead atoms. The van der Waals surface area contributed by atoms with Crippen molar-refractivity contribution in [1.82, 2.24) is 20.0 Å². The van der Waals surface area contributed by atoms with E-state index in [4.69, 9.17) is 0 Å². The maximum atomic E-state index is 10.7. The fourth-order valence-corrected chi connectivity index (χ4v) is 0.867. The van der Waals surface area contributed by atoms with Crippen molar-refractivity contribution < 1.29 is 0 Å². The summed E-state index contributed by atoms with van der Waals surface area (Å²) in [6.45, 7) is 0. The monoisotopic (exact) mass is 162 g/mol. The van der Waals surface area contributed by atoms with E-state index >= 15 is 0 Å². The van der Waals surface area contributed by atoms with Gasteiger partial charge in [-0.1, -0.05) is 0 Å². The van der Waals surface area contributed by atoms with Gasteiger partial charge in [-0.3, -0.25) is 9.89 Å². The van der Waals surface area contributed by atoms with Crippen LogP contribution in [-0.2, 0) is 0 Å². The summed E-state index contributed by atoms with van der Waals surface area (Å²) in [6.07, 6.45) is 6.16. The van der Waals surface area contributed by atoms with Crippen molar-refractivity contribution in [1.29, 1.82) is 0 Å². The Morgan fingerprint density at radius 1 is 1.42 bits per heavy atom. The van der Waals surface area contributed by atoms with E-state index in [0.717, 1.165) is 5.69 Å². The first-order valence-corrected chi connectivity index (χ1v) is 3.40. The second-order valence-corrected chi connectivity index (χ2v) is 2.26. The first kappa shape index (κ1) is 6.78. The van der Waals surface area contributed by atoms with Crippen LogP contribution in [0.1, 0.15) is 0 Å². The Balaban J connectivity index is 2.49. The van der Waals surface area contributed by atoms with Gasteiger partial charge < -0.3 is 0 Å². The molecule has 0 aliphatic rings. The molecule has 0 saturated carbocycles. The van der Waals surface area contributed by atoms with Crippen LogP contribution >= 0.6 is 0 Å². The Morgan fingerprint density at radius 2 is 2.33 bits per heavy atom. The van der Waals surface area contributed by atoms with Gasteiger partial charge in [-0.05, 0) is 0 Å². The van der Waals surface area contributed by atoms with Gasteiger partial charge in [0.05, 0.1) is 12.4 Å². The summed E-state index contributed by atoms with van der Waals surface area (Å²) in [5.41, 5.74) is 0.699. The number of aromatic amines is 1. The van der Waals surface area contributed by atoms with E-state index in [-0.39, 0.29) is 5.43 Å². The third-order valence-electron chi connectivity index (χ3n) is 1.44. The molecule has 0 aromatic carbocycles. The van der Waals surface area contributed by atoms with Crippen LogP contribution in [-0.4, -0.2) is 20.0 Å². The van der Waals surface area contributed by atoms with Gasteiger partial charge in [0.25, 0.3) is 0 Å². The molecule has 60 valence electrons. The maximum absolute atomic E-state index is 10.7. The highest BCUT2D eigenvalue weighted by Crippen LogP contribution is 1.97. The van der Waals surface area contributed by atoms with E-state index in [1.165, 1.54) is 12.3 Å². The summed E-state index contributed by atoms with van der Waals surface area (Å²) >= 11 is 0. The second-order valence-electron chi connectivity index (χ2n) is 2.26. The molecule has 5 heteroatoms. The van der Waals surface area contributed by atoms with E-state index in [1.807, 2.05) is 0 Å². The predicted molar refractivity (Wildman–Crippen MR) is 42.0 cm³/mol.